The van der Waals surface area contributed by atoms with Crippen LogP contribution in [0.25, 0.3) is 0 Å². The Morgan fingerprint density at radius 2 is 2.28 bits per heavy atom. The van der Waals surface area contributed by atoms with Gasteiger partial charge >= 0.3 is 0 Å². The Morgan fingerprint density at radius 3 is 2.89 bits per heavy atom. The van der Waals surface area contributed by atoms with Gasteiger partial charge in [-0.05, 0) is 25.5 Å². The first-order valence-corrected chi connectivity index (χ1v) is 5.86. The Labute approximate surface area is 107 Å². The van der Waals surface area contributed by atoms with Crippen LogP contribution >= 0.6 is 0 Å². The van der Waals surface area contributed by atoms with Crippen LogP contribution in [-0.2, 0) is 4.74 Å². The van der Waals surface area contributed by atoms with Crippen molar-refractivity contribution in [2.45, 2.75) is 25.9 Å². The van der Waals surface area contributed by atoms with Crippen LogP contribution in [0.1, 0.15) is 29.3 Å². The Hall–Kier alpha value is -1.46. The van der Waals surface area contributed by atoms with Crippen LogP contribution in [0.3, 0.4) is 0 Å². The number of nitrogens with zero attached hydrogens (tertiary/aromatic N) is 1. The second kappa shape index (κ2) is 6.47. The third kappa shape index (κ3) is 4.81. The monoisotopic (exact) mass is 252 g/mol. The normalized spacial score (nSPS) is 14.0. The van der Waals surface area contributed by atoms with Crippen molar-refractivity contribution in [3.8, 4) is 0 Å². The highest BCUT2D eigenvalue weighted by atomic mass is 16.5. The van der Waals surface area contributed by atoms with E-state index in [9.17, 15) is 9.90 Å². The number of pyridine rings is 1. The molecule has 0 aromatic carbocycles. The minimum Gasteiger partial charge on any atom is -0.388 e. The first kappa shape index (κ1) is 14.6. The van der Waals surface area contributed by atoms with E-state index in [4.69, 9.17) is 4.74 Å². The fourth-order valence-electron chi connectivity index (χ4n) is 1.46. The van der Waals surface area contributed by atoms with Gasteiger partial charge in [-0.1, -0.05) is 0 Å². The molecule has 1 amide bonds. The summed E-state index contributed by atoms with van der Waals surface area (Å²) in [6.45, 7) is 4.18. The Bertz CT molecular complexity index is 405. The molecule has 1 aromatic rings. The summed E-state index contributed by atoms with van der Waals surface area (Å²) in [4.78, 5) is 15.8. The van der Waals surface area contributed by atoms with Gasteiger partial charge in [0.1, 0.15) is 0 Å². The molecular formula is C13H20N2O3. The number of nitrogens with one attached hydrogen (secondary N) is 1. The van der Waals surface area contributed by atoms with E-state index in [0.29, 0.717) is 18.6 Å². The van der Waals surface area contributed by atoms with Gasteiger partial charge in [-0.3, -0.25) is 9.78 Å². The molecule has 0 radical (unpaired) electrons. The molecule has 0 aliphatic heterocycles. The number of rotatable bonds is 6. The molecule has 1 atom stereocenters. The van der Waals surface area contributed by atoms with Crippen LogP contribution in [0.5, 0.6) is 0 Å². The van der Waals surface area contributed by atoms with Crippen LogP contribution in [0.4, 0.5) is 0 Å². The van der Waals surface area contributed by atoms with E-state index >= 15 is 0 Å². The van der Waals surface area contributed by atoms with Crippen molar-refractivity contribution in [2.24, 2.45) is 0 Å². The van der Waals surface area contributed by atoms with E-state index in [-0.39, 0.29) is 12.5 Å². The highest BCUT2D eigenvalue weighted by Gasteiger charge is 2.21. The lowest BCUT2D eigenvalue weighted by Gasteiger charge is -2.23. The molecular weight excluding hydrogens is 232 g/mol. The predicted octanol–water partition coefficient (Wildman–Crippen LogP) is 0.907. The van der Waals surface area contributed by atoms with E-state index in [0.717, 1.165) is 5.56 Å². The first-order valence-electron chi connectivity index (χ1n) is 5.86. The summed E-state index contributed by atoms with van der Waals surface area (Å²) < 4.78 is 4.90. The van der Waals surface area contributed by atoms with E-state index in [1.54, 1.807) is 26.3 Å². The molecule has 1 rings (SSSR count). The zero-order chi connectivity index (χ0) is 13.6. The molecule has 0 saturated carbocycles. The van der Waals surface area contributed by atoms with E-state index in [2.05, 4.69) is 10.3 Å². The van der Waals surface area contributed by atoms with Crippen molar-refractivity contribution in [1.82, 2.24) is 10.3 Å². The zero-order valence-corrected chi connectivity index (χ0v) is 11.1. The van der Waals surface area contributed by atoms with Crippen molar-refractivity contribution in [2.75, 3.05) is 20.3 Å². The Kier molecular flexibility index (Phi) is 5.25. The summed E-state index contributed by atoms with van der Waals surface area (Å²) in [6, 6.07) is 1.76. The highest BCUT2D eigenvalue weighted by Crippen LogP contribution is 2.08. The number of aromatic nitrogens is 1. The molecule has 0 spiro atoms. The first-order chi connectivity index (χ1) is 8.44. The van der Waals surface area contributed by atoms with Gasteiger partial charge in [0.2, 0.25) is 0 Å². The molecule has 18 heavy (non-hydrogen) atoms. The molecule has 0 aliphatic carbocycles. The Morgan fingerprint density at radius 1 is 1.56 bits per heavy atom. The predicted molar refractivity (Wildman–Crippen MR) is 68.4 cm³/mol. The average Bonchev–Trinajstić information content (AvgIpc) is 2.34. The number of hydrogen-bond acceptors (Lipinski definition) is 4. The molecule has 1 aromatic heterocycles. The largest absolute Gasteiger partial charge is 0.388 e. The smallest absolute Gasteiger partial charge is 0.252 e. The number of aryl methyl sites for hydroxylation is 1. The number of methoxy groups -OCH3 is 1. The minimum absolute atomic E-state index is 0.184. The molecule has 0 saturated heterocycles. The molecule has 0 aliphatic rings. The fourth-order valence-corrected chi connectivity index (χ4v) is 1.46. The summed E-state index contributed by atoms with van der Waals surface area (Å²) in [5.74, 6) is -0.233. The molecule has 5 heteroatoms. The zero-order valence-electron chi connectivity index (χ0n) is 11.1. The second-order valence-electron chi connectivity index (χ2n) is 4.67. The van der Waals surface area contributed by atoms with Gasteiger partial charge in [0.25, 0.3) is 5.91 Å². The van der Waals surface area contributed by atoms with Gasteiger partial charge in [-0.15, -0.1) is 0 Å². The van der Waals surface area contributed by atoms with Crippen molar-refractivity contribution in [3.63, 3.8) is 0 Å². The topological polar surface area (TPSA) is 71.5 Å². The summed E-state index contributed by atoms with van der Waals surface area (Å²) in [6.07, 6.45) is 3.66. The van der Waals surface area contributed by atoms with E-state index in [1.807, 2.05) is 6.92 Å². The van der Waals surface area contributed by atoms with Crippen LogP contribution in [0.2, 0.25) is 0 Å². The summed E-state index contributed by atoms with van der Waals surface area (Å²) >= 11 is 0. The SMILES string of the molecule is COCCC(C)(O)CNC(=O)c1cncc(C)c1. The molecule has 100 valence electrons. The number of carbonyl (C=O) groups excluding carboxylic acids is 1. The number of hydrogen-bond donors (Lipinski definition) is 2. The maximum absolute atomic E-state index is 11.8. The van der Waals surface area contributed by atoms with E-state index in [1.165, 1.54) is 6.20 Å². The van der Waals surface area contributed by atoms with Gasteiger partial charge < -0.3 is 15.2 Å². The third-order valence-electron chi connectivity index (χ3n) is 2.61. The van der Waals surface area contributed by atoms with Crippen molar-refractivity contribution < 1.29 is 14.6 Å². The number of aliphatic hydroxyl groups is 1. The highest BCUT2D eigenvalue weighted by molar-refractivity contribution is 5.94. The second-order valence-corrected chi connectivity index (χ2v) is 4.67. The molecule has 1 unspecified atom stereocenters. The number of ether oxygens (including phenoxy) is 1. The summed E-state index contributed by atoms with van der Waals surface area (Å²) in [5.41, 5.74) is 0.453. The lowest BCUT2D eigenvalue weighted by Crippen LogP contribution is -2.41. The number of carbonyl (C=O) groups is 1. The fraction of sp³-hybridized carbons (Fsp3) is 0.538. The molecule has 5 nitrogen and oxygen atoms in total. The standard InChI is InChI=1S/C13H20N2O3/c1-10-6-11(8-14-7-10)12(16)15-9-13(2,17)4-5-18-3/h6-8,17H,4-5,9H2,1-3H3,(H,15,16). The van der Waals surface area contributed by atoms with Gasteiger partial charge in [0, 0.05) is 39.1 Å². The van der Waals surface area contributed by atoms with Crippen LogP contribution in [-0.4, -0.2) is 41.9 Å². The Balaban J connectivity index is 2.50. The van der Waals surface area contributed by atoms with Gasteiger partial charge in [-0.2, -0.15) is 0 Å². The number of amides is 1. The van der Waals surface area contributed by atoms with Crippen molar-refractivity contribution in [1.29, 1.82) is 0 Å². The van der Waals surface area contributed by atoms with Crippen LogP contribution in [0, 0.1) is 6.92 Å². The molecule has 0 bridgehead atoms. The maximum atomic E-state index is 11.8. The van der Waals surface area contributed by atoms with Crippen LogP contribution < -0.4 is 5.32 Å². The van der Waals surface area contributed by atoms with Gasteiger partial charge in [0.15, 0.2) is 0 Å². The average molecular weight is 252 g/mol. The lowest BCUT2D eigenvalue weighted by atomic mass is 10.0. The van der Waals surface area contributed by atoms with Crippen molar-refractivity contribution in [3.05, 3.63) is 29.6 Å². The van der Waals surface area contributed by atoms with E-state index < -0.39 is 5.60 Å². The summed E-state index contributed by atoms with van der Waals surface area (Å²) in [5, 5.41) is 12.7. The quantitative estimate of drug-likeness (QED) is 0.789. The molecule has 0 fully saturated rings. The minimum atomic E-state index is -0.969. The maximum Gasteiger partial charge on any atom is 0.252 e. The van der Waals surface area contributed by atoms with Crippen molar-refractivity contribution >= 4 is 5.91 Å². The van der Waals surface area contributed by atoms with Gasteiger partial charge in [0.05, 0.1) is 11.2 Å². The third-order valence-corrected chi connectivity index (χ3v) is 2.61. The van der Waals surface area contributed by atoms with Crippen LogP contribution in [0.15, 0.2) is 18.5 Å². The summed E-state index contributed by atoms with van der Waals surface area (Å²) in [7, 11) is 1.58. The van der Waals surface area contributed by atoms with Gasteiger partial charge in [-0.25, -0.2) is 0 Å². The lowest BCUT2D eigenvalue weighted by molar-refractivity contribution is 0.0243. The molecule has 2 N–H and O–H groups in total. The molecule has 1 heterocycles.